The highest BCUT2D eigenvalue weighted by Crippen LogP contribution is 2.33. The van der Waals surface area contributed by atoms with Gasteiger partial charge in [-0.3, -0.25) is 4.79 Å². The van der Waals surface area contributed by atoms with Gasteiger partial charge in [-0.2, -0.15) is 0 Å². The van der Waals surface area contributed by atoms with E-state index in [2.05, 4.69) is 5.32 Å². The van der Waals surface area contributed by atoms with Gasteiger partial charge >= 0.3 is 0 Å². The lowest BCUT2D eigenvalue weighted by molar-refractivity contribution is -0.118. The number of rotatable bonds is 2. The van der Waals surface area contributed by atoms with Crippen molar-refractivity contribution in [2.24, 2.45) is 5.73 Å². The van der Waals surface area contributed by atoms with Gasteiger partial charge in [-0.05, 0) is 31.4 Å². The molecule has 1 aromatic rings. The van der Waals surface area contributed by atoms with Gasteiger partial charge < -0.3 is 11.1 Å². The summed E-state index contributed by atoms with van der Waals surface area (Å²) in [6.07, 6.45) is 1.16. The number of anilines is 1. The van der Waals surface area contributed by atoms with E-state index < -0.39 is 23.1 Å². The maximum Gasteiger partial charge on any atom is 0.244 e. The Balaban J connectivity index is 2.21. The van der Waals surface area contributed by atoms with Crippen LogP contribution in [-0.2, 0) is 4.79 Å². The van der Waals surface area contributed by atoms with Gasteiger partial charge in [0.2, 0.25) is 5.91 Å². The summed E-state index contributed by atoms with van der Waals surface area (Å²) in [7, 11) is 0. The zero-order chi connectivity index (χ0) is 11.9. The van der Waals surface area contributed by atoms with Crippen LogP contribution in [0, 0.1) is 18.6 Å². The lowest BCUT2D eigenvalue weighted by Crippen LogP contribution is -2.38. The number of hydrogen-bond acceptors (Lipinski definition) is 2. The third-order valence-corrected chi connectivity index (χ3v) is 2.74. The maximum atomic E-state index is 13.4. The normalized spacial score (nSPS) is 17.0. The molecule has 0 bridgehead atoms. The number of aryl methyl sites for hydroxylation is 1. The van der Waals surface area contributed by atoms with Gasteiger partial charge in [0, 0.05) is 6.07 Å². The van der Waals surface area contributed by atoms with Crippen LogP contribution in [0.2, 0.25) is 0 Å². The monoisotopic (exact) mass is 226 g/mol. The molecule has 0 heterocycles. The van der Waals surface area contributed by atoms with Crippen molar-refractivity contribution < 1.29 is 13.6 Å². The second-order valence-corrected chi connectivity index (χ2v) is 4.19. The fourth-order valence-electron chi connectivity index (χ4n) is 1.35. The molecule has 0 saturated heterocycles. The van der Waals surface area contributed by atoms with Gasteiger partial charge in [0.15, 0.2) is 0 Å². The van der Waals surface area contributed by atoms with Crippen LogP contribution in [0.3, 0.4) is 0 Å². The lowest BCUT2D eigenvalue weighted by atomic mass is 10.2. The third-order valence-electron chi connectivity index (χ3n) is 2.74. The molecule has 0 aliphatic heterocycles. The zero-order valence-corrected chi connectivity index (χ0v) is 8.81. The minimum atomic E-state index is -0.895. The predicted molar refractivity (Wildman–Crippen MR) is 55.9 cm³/mol. The summed E-state index contributed by atoms with van der Waals surface area (Å²) >= 11 is 0. The molecule has 0 unspecified atom stereocenters. The van der Waals surface area contributed by atoms with Crippen molar-refractivity contribution in [1.82, 2.24) is 0 Å². The fourth-order valence-corrected chi connectivity index (χ4v) is 1.35. The lowest BCUT2D eigenvalue weighted by Gasteiger charge is -2.11. The minimum absolute atomic E-state index is 0.162. The Morgan fingerprint density at radius 3 is 2.56 bits per heavy atom. The predicted octanol–water partition coefficient (Wildman–Crippen LogP) is 1.70. The van der Waals surface area contributed by atoms with Crippen molar-refractivity contribution in [2.45, 2.75) is 25.3 Å². The number of nitrogens with one attached hydrogen (secondary N) is 1. The molecule has 1 aliphatic rings. The van der Waals surface area contributed by atoms with Crippen LogP contribution in [-0.4, -0.2) is 11.4 Å². The molecule has 16 heavy (non-hydrogen) atoms. The molecule has 1 saturated carbocycles. The van der Waals surface area contributed by atoms with E-state index >= 15 is 0 Å². The molecule has 3 N–H and O–H groups in total. The Morgan fingerprint density at radius 1 is 1.38 bits per heavy atom. The van der Waals surface area contributed by atoms with Crippen molar-refractivity contribution >= 4 is 11.6 Å². The SMILES string of the molecule is Cc1cc(F)c(NC(=O)C2(N)CC2)cc1F. The number of amides is 1. The smallest absolute Gasteiger partial charge is 0.244 e. The van der Waals surface area contributed by atoms with E-state index in [-0.39, 0.29) is 11.3 Å². The van der Waals surface area contributed by atoms with E-state index in [0.29, 0.717) is 12.8 Å². The zero-order valence-electron chi connectivity index (χ0n) is 8.81. The number of carbonyl (C=O) groups excluding carboxylic acids is 1. The molecule has 5 heteroatoms. The summed E-state index contributed by atoms with van der Waals surface area (Å²) in [6, 6.07) is 2.01. The van der Waals surface area contributed by atoms with Gasteiger partial charge in [-0.15, -0.1) is 0 Å². The maximum absolute atomic E-state index is 13.4. The molecule has 1 amide bonds. The van der Waals surface area contributed by atoms with E-state index in [1.807, 2.05) is 0 Å². The molecule has 1 aliphatic carbocycles. The first-order valence-corrected chi connectivity index (χ1v) is 4.98. The van der Waals surface area contributed by atoms with Crippen LogP contribution < -0.4 is 11.1 Å². The van der Waals surface area contributed by atoms with Crippen LogP contribution in [0.15, 0.2) is 12.1 Å². The molecule has 2 rings (SSSR count). The van der Waals surface area contributed by atoms with E-state index in [9.17, 15) is 13.6 Å². The Bertz CT molecular complexity index is 456. The number of benzene rings is 1. The van der Waals surface area contributed by atoms with E-state index in [4.69, 9.17) is 5.73 Å². The average Bonchev–Trinajstić information content (AvgIpc) is 2.94. The summed E-state index contributed by atoms with van der Waals surface area (Å²) in [5.41, 5.74) is 4.77. The first-order chi connectivity index (χ1) is 7.42. The van der Waals surface area contributed by atoms with E-state index in [0.717, 1.165) is 12.1 Å². The molecule has 3 nitrogen and oxygen atoms in total. The van der Waals surface area contributed by atoms with Gasteiger partial charge in [0.05, 0.1) is 11.2 Å². The Morgan fingerprint density at radius 2 is 2.00 bits per heavy atom. The summed E-state index contributed by atoms with van der Waals surface area (Å²) in [5.74, 6) is -1.68. The Labute approximate surface area is 91.6 Å². The van der Waals surface area contributed by atoms with Crippen molar-refractivity contribution in [1.29, 1.82) is 0 Å². The van der Waals surface area contributed by atoms with Crippen molar-refractivity contribution in [3.63, 3.8) is 0 Å². The first kappa shape index (κ1) is 11.0. The second kappa shape index (κ2) is 3.52. The number of nitrogens with two attached hydrogens (primary N) is 1. The van der Waals surface area contributed by atoms with Gasteiger partial charge in [-0.25, -0.2) is 8.78 Å². The third kappa shape index (κ3) is 1.90. The highest BCUT2D eigenvalue weighted by Gasteiger charge is 2.46. The Hall–Kier alpha value is -1.49. The highest BCUT2D eigenvalue weighted by molar-refractivity contribution is 6.00. The second-order valence-electron chi connectivity index (χ2n) is 4.19. The number of carbonyl (C=O) groups is 1. The molecular formula is C11H12F2N2O. The topological polar surface area (TPSA) is 55.1 Å². The molecule has 0 aromatic heterocycles. The van der Waals surface area contributed by atoms with Gasteiger partial charge in [0.25, 0.3) is 0 Å². The molecule has 0 spiro atoms. The summed E-state index contributed by atoms with van der Waals surface area (Å²) in [6.45, 7) is 1.45. The molecule has 86 valence electrons. The quantitative estimate of drug-likeness (QED) is 0.806. The van der Waals surface area contributed by atoms with Crippen LogP contribution in [0.4, 0.5) is 14.5 Å². The van der Waals surface area contributed by atoms with Gasteiger partial charge in [-0.1, -0.05) is 0 Å². The van der Waals surface area contributed by atoms with Crippen LogP contribution in [0.1, 0.15) is 18.4 Å². The Kier molecular flexibility index (Phi) is 2.42. The number of halogens is 2. The average molecular weight is 226 g/mol. The van der Waals surface area contributed by atoms with E-state index in [1.165, 1.54) is 6.92 Å². The van der Waals surface area contributed by atoms with Crippen molar-refractivity contribution in [3.05, 3.63) is 29.3 Å². The van der Waals surface area contributed by atoms with Crippen molar-refractivity contribution in [2.75, 3.05) is 5.32 Å². The van der Waals surface area contributed by atoms with Gasteiger partial charge in [0.1, 0.15) is 11.6 Å². The first-order valence-electron chi connectivity index (χ1n) is 4.98. The molecular weight excluding hydrogens is 214 g/mol. The molecule has 0 atom stereocenters. The van der Waals surface area contributed by atoms with Crippen LogP contribution in [0.5, 0.6) is 0 Å². The highest BCUT2D eigenvalue weighted by atomic mass is 19.1. The van der Waals surface area contributed by atoms with E-state index in [1.54, 1.807) is 0 Å². The standard InChI is InChI=1S/C11H12F2N2O/c1-6-4-8(13)9(5-7(6)12)15-10(16)11(14)2-3-11/h4-5H,2-3,14H2,1H3,(H,15,16). The molecule has 0 radical (unpaired) electrons. The van der Waals surface area contributed by atoms with Crippen molar-refractivity contribution in [3.8, 4) is 0 Å². The van der Waals surface area contributed by atoms with Crippen LogP contribution in [0.25, 0.3) is 0 Å². The molecule has 1 aromatic carbocycles. The summed E-state index contributed by atoms with van der Waals surface area (Å²) in [4.78, 5) is 11.5. The fraction of sp³-hybridized carbons (Fsp3) is 0.364. The number of hydrogen-bond donors (Lipinski definition) is 2. The summed E-state index contributed by atoms with van der Waals surface area (Å²) in [5, 5.41) is 2.30. The minimum Gasteiger partial charge on any atom is -0.322 e. The molecule has 1 fully saturated rings. The summed E-state index contributed by atoms with van der Waals surface area (Å²) < 4.78 is 26.5. The largest absolute Gasteiger partial charge is 0.322 e. The van der Waals surface area contributed by atoms with Crippen LogP contribution >= 0.6 is 0 Å².